The molecule has 1 N–H and O–H groups in total. The Bertz CT molecular complexity index is 358. The predicted octanol–water partition coefficient (Wildman–Crippen LogP) is 3.31. The van der Waals surface area contributed by atoms with Gasteiger partial charge in [0.25, 0.3) is 0 Å². The second-order valence-corrected chi connectivity index (χ2v) is 5.70. The Hall–Kier alpha value is -0.580. The monoisotopic (exact) mass is 271 g/mol. The fourth-order valence-electron chi connectivity index (χ4n) is 1.58. The van der Waals surface area contributed by atoms with Gasteiger partial charge in [-0.25, -0.2) is 4.39 Å². The van der Waals surface area contributed by atoms with E-state index < -0.39 is 0 Å². The van der Waals surface area contributed by atoms with Gasteiger partial charge in [0.1, 0.15) is 5.82 Å². The summed E-state index contributed by atoms with van der Waals surface area (Å²) in [6.07, 6.45) is 0. The number of ether oxygens (including phenoxy) is 1. The molecule has 0 saturated heterocycles. The fourth-order valence-corrected chi connectivity index (χ4v) is 2.56. The van der Waals surface area contributed by atoms with Crippen molar-refractivity contribution in [2.75, 3.05) is 26.0 Å². The zero-order valence-electron chi connectivity index (χ0n) is 11.3. The number of hydrogen-bond donors (Lipinski definition) is 1. The van der Waals surface area contributed by atoms with Crippen LogP contribution in [0.2, 0.25) is 0 Å². The number of nitrogens with one attached hydrogen (secondary N) is 1. The van der Waals surface area contributed by atoms with E-state index in [1.165, 1.54) is 17.8 Å². The Balaban J connectivity index is 2.61. The maximum absolute atomic E-state index is 13.8. The van der Waals surface area contributed by atoms with Crippen LogP contribution < -0.4 is 5.32 Å². The first-order chi connectivity index (χ1) is 8.65. The van der Waals surface area contributed by atoms with Crippen molar-refractivity contribution < 1.29 is 9.13 Å². The van der Waals surface area contributed by atoms with Crippen LogP contribution in [0.25, 0.3) is 0 Å². The van der Waals surface area contributed by atoms with Gasteiger partial charge in [-0.05, 0) is 24.1 Å². The molecule has 0 unspecified atom stereocenters. The van der Waals surface area contributed by atoms with Gasteiger partial charge in [0, 0.05) is 24.3 Å². The zero-order chi connectivity index (χ0) is 13.4. The zero-order valence-corrected chi connectivity index (χ0v) is 12.1. The second kappa shape index (κ2) is 8.51. The smallest absolute Gasteiger partial charge is 0.137 e. The van der Waals surface area contributed by atoms with E-state index in [1.54, 1.807) is 13.2 Å². The number of hydrogen-bond acceptors (Lipinski definition) is 3. The van der Waals surface area contributed by atoms with E-state index in [0.717, 1.165) is 22.8 Å². The van der Waals surface area contributed by atoms with E-state index in [9.17, 15) is 4.39 Å². The molecule has 0 atom stereocenters. The van der Waals surface area contributed by atoms with Crippen LogP contribution in [0.3, 0.4) is 0 Å². The molecule has 0 radical (unpaired) electrons. The number of thioether (sulfide) groups is 1. The van der Waals surface area contributed by atoms with E-state index in [2.05, 4.69) is 19.2 Å². The van der Waals surface area contributed by atoms with Gasteiger partial charge in [-0.2, -0.15) is 0 Å². The van der Waals surface area contributed by atoms with Crippen LogP contribution in [0.5, 0.6) is 0 Å². The average molecular weight is 271 g/mol. The lowest BCUT2D eigenvalue weighted by Crippen LogP contribution is -2.19. The first-order valence-electron chi connectivity index (χ1n) is 6.25. The minimum absolute atomic E-state index is 0.139. The second-order valence-electron chi connectivity index (χ2n) is 4.59. The van der Waals surface area contributed by atoms with Gasteiger partial charge in [0.15, 0.2) is 0 Å². The largest absolute Gasteiger partial charge is 0.384 e. The lowest BCUT2D eigenvalue weighted by molar-refractivity contribution is 0.218. The Kier molecular flexibility index (Phi) is 7.32. The third-order valence-electron chi connectivity index (χ3n) is 2.45. The maximum Gasteiger partial charge on any atom is 0.137 e. The summed E-state index contributed by atoms with van der Waals surface area (Å²) < 4.78 is 18.8. The SMILES string of the molecule is COCCSc1c(F)cccc1CNCC(C)C. The lowest BCUT2D eigenvalue weighted by atomic mass is 10.2. The highest BCUT2D eigenvalue weighted by Crippen LogP contribution is 2.25. The van der Waals surface area contributed by atoms with Crippen molar-refractivity contribution in [2.24, 2.45) is 5.92 Å². The van der Waals surface area contributed by atoms with Crippen molar-refractivity contribution in [3.63, 3.8) is 0 Å². The number of benzene rings is 1. The molecule has 102 valence electrons. The Morgan fingerprint density at radius 3 is 2.83 bits per heavy atom. The fraction of sp³-hybridized carbons (Fsp3) is 0.571. The number of halogens is 1. The van der Waals surface area contributed by atoms with Crippen molar-refractivity contribution in [1.29, 1.82) is 0 Å². The van der Waals surface area contributed by atoms with E-state index in [-0.39, 0.29) is 5.82 Å². The standard InChI is InChI=1S/C14H22FNOS/c1-11(2)9-16-10-12-5-4-6-13(15)14(12)18-8-7-17-3/h4-6,11,16H,7-10H2,1-3H3. The summed E-state index contributed by atoms with van der Waals surface area (Å²) in [5.74, 6) is 1.23. The van der Waals surface area contributed by atoms with Crippen LogP contribution in [0.1, 0.15) is 19.4 Å². The van der Waals surface area contributed by atoms with Gasteiger partial charge in [0.2, 0.25) is 0 Å². The average Bonchev–Trinajstić information content (AvgIpc) is 2.32. The maximum atomic E-state index is 13.8. The normalized spacial score (nSPS) is 11.2. The molecular formula is C14H22FNOS. The molecule has 0 amide bonds. The van der Waals surface area contributed by atoms with Gasteiger partial charge >= 0.3 is 0 Å². The van der Waals surface area contributed by atoms with Crippen molar-refractivity contribution in [3.05, 3.63) is 29.6 Å². The highest BCUT2D eigenvalue weighted by atomic mass is 32.2. The third-order valence-corrected chi connectivity index (χ3v) is 3.57. The van der Waals surface area contributed by atoms with E-state index >= 15 is 0 Å². The summed E-state index contributed by atoms with van der Waals surface area (Å²) in [7, 11) is 1.66. The molecule has 0 aromatic heterocycles. The summed E-state index contributed by atoms with van der Waals surface area (Å²) in [6, 6.07) is 5.26. The molecule has 0 aliphatic carbocycles. The molecule has 4 heteroatoms. The molecule has 1 aromatic rings. The van der Waals surface area contributed by atoms with Crippen LogP contribution in [0.4, 0.5) is 4.39 Å². The molecule has 2 nitrogen and oxygen atoms in total. The minimum atomic E-state index is -0.139. The summed E-state index contributed by atoms with van der Waals surface area (Å²) >= 11 is 1.52. The van der Waals surface area contributed by atoms with E-state index in [1.807, 2.05) is 6.07 Å². The van der Waals surface area contributed by atoms with Crippen molar-refractivity contribution in [1.82, 2.24) is 5.32 Å². The first kappa shape index (κ1) is 15.5. The van der Waals surface area contributed by atoms with Crippen LogP contribution in [0, 0.1) is 11.7 Å². The van der Waals surface area contributed by atoms with Crippen molar-refractivity contribution in [3.8, 4) is 0 Å². The summed E-state index contributed by atoms with van der Waals surface area (Å²) in [4.78, 5) is 0.741. The van der Waals surface area contributed by atoms with Gasteiger partial charge in [-0.1, -0.05) is 26.0 Å². The Morgan fingerprint density at radius 2 is 2.17 bits per heavy atom. The molecule has 0 heterocycles. The van der Waals surface area contributed by atoms with Gasteiger partial charge in [0.05, 0.1) is 6.61 Å². The number of rotatable bonds is 8. The highest BCUT2D eigenvalue weighted by Gasteiger charge is 2.08. The molecule has 0 aliphatic rings. The van der Waals surface area contributed by atoms with Gasteiger partial charge < -0.3 is 10.1 Å². The third kappa shape index (κ3) is 5.38. The molecule has 18 heavy (non-hydrogen) atoms. The van der Waals surface area contributed by atoms with Gasteiger partial charge in [-0.15, -0.1) is 11.8 Å². The first-order valence-corrected chi connectivity index (χ1v) is 7.23. The summed E-state index contributed by atoms with van der Waals surface area (Å²) in [5, 5.41) is 3.35. The minimum Gasteiger partial charge on any atom is -0.384 e. The Morgan fingerprint density at radius 1 is 1.39 bits per heavy atom. The van der Waals surface area contributed by atoms with E-state index in [4.69, 9.17) is 4.74 Å². The van der Waals surface area contributed by atoms with E-state index in [0.29, 0.717) is 19.1 Å². The molecule has 1 aromatic carbocycles. The number of methoxy groups -OCH3 is 1. The van der Waals surface area contributed by atoms with Crippen molar-refractivity contribution in [2.45, 2.75) is 25.3 Å². The predicted molar refractivity (Wildman–Crippen MR) is 75.5 cm³/mol. The molecule has 0 bridgehead atoms. The molecule has 0 aliphatic heterocycles. The van der Waals surface area contributed by atoms with Crippen LogP contribution in [0.15, 0.2) is 23.1 Å². The molecule has 0 saturated carbocycles. The van der Waals surface area contributed by atoms with Crippen LogP contribution in [-0.4, -0.2) is 26.0 Å². The lowest BCUT2D eigenvalue weighted by Gasteiger charge is -2.12. The quantitative estimate of drug-likeness (QED) is 0.579. The van der Waals surface area contributed by atoms with Gasteiger partial charge in [-0.3, -0.25) is 0 Å². The molecule has 1 rings (SSSR count). The molecular weight excluding hydrogens is 249 g/mol. The molecule has 0 spiro atoms. The summed E-state index contributed by atoms with van der Waals surface area (Å²) in [5.41, 5.74) is 1.02. The summed E-state index contributed by atoms with van der Waals surface area (Å²) in [6.45, 7) is 6.61. The topological polar surface area (TPSA) is 21.3 Å². The Labute approximate surface area is 113 Å². The molecule has 0 fully saturated rings. The van der Waals surface area contributed by atoms with Crippen molar-refractivity contribution >= 4 is 11.8 Å². The van der Waals surface area contributed by atoms with Crippen LogP contribution in [-0.2, 0) is 11.3 Å². The highest BCUT2D eigenvalue weighted by molar-refractivity contribution is 7.99. The van der Waals surface area contributed by atoms with Crippen LogP contribution >= 0.6 is 11.8 Å².